The minimum Gasteiger partial charge on any atom is -0.496 e. The molecule has 0 radical (unpaired) electrons. The second-order valence-electron chi connectivity index (χ2n) is 6.02. The number of nitrogens with zero attached hydrogens (tertiary/aromatic N) is 2. The fourth-order valence-electron chi connectivity index (χ4n) is 3.05. The van der Waals surface area contributed by atoms with E-state index in [1.807, 2.05) is 43.0 Å². The zero-order valence-electron chi connectivity index (χ0n) is 14.2. The van der Waals surface area contributed by atoms with E-state index in [1.54, 1.807) is 13.3 Å². The molecule has 0 unspecified atom stereocenters. The fourth-order valence-corrected chi connectivity index (χ4v) is 3.96. The second-order valence-corrected chi connectivity index (χ2v) is 6.98. The molecule has 1 aromatic heterocycles. The molecule has 0 bridgehead atoms. The fraction of sp³-hybridized carbons (Fsp3) is 0.444. The highest BCUT2D eigenvalue weighted by Gasteiger charge is 2.25. The number of carbonyl (C=O) groups is 1. The molecule has 1 saturated heterocycles. The van der Waals surface area contributed by atoms with Crippen LogP contribution in [0.1, 0.15) is 13.8 Å². The van der Waals surface area contributed by atoms with Crippen LogP contribution in [-0.2, 0) is 9.53 Å². The van der Waals surface area contributed by atoms with Gasteiger partial charge in [-0.1, -0.05) is 23.9 Å². The highest BCUT2D eigenvalue weighted by atomic mass is 32.2. The number of benzene rings is 1. The van der Waals surface area contributed by atoms with Crippen molar-refractivity contribution in [2.24, 2.45) is 0 Å². The van der Waals surface area contributed by atoms with Crippen LogP contribution in [-0.4, -0.2) is 54.0 Å². The Morgan fingerprint density at radius 1 is 1.29 bits per heavy atom. The highest BCUT2D eigenvalue weighted by Crippen LogP contribution is 2.31. The molecule has 1 aliphatic heterocycles. The van der Waals surface area contributed by atoms with Crippen molar-refractivity contribution < 1.29 is 14.3 Å². The van der Waals surface area contributed by atoms with Crippen LogP contribution in [0.3, 0.4) is 0 Å². The van der Waals surface area contributed by atoms with Gasteiger partial charge in [-0.15, -0.1) is 0 Å². The Kier molecular flexibility index (Phi) is 5.26. The van der Waals surface area contributed by atoms with Crippen LogP contribution in [0.2, 0.25) is 0 Å². The van der Waals surface area contributed by atoms with Crippen LogP contribution in [0.25, 0.3) is 10.8 Å². The maximum Gasteiger partial charge on any atom is 0.233 e. The van der Waals surface area contributed by atoms with Crippen molar-refractivity contribution in [3.05, 3.63) is 30.5 Å². The van der Waals surface area contributed by atoms with Crippen molar-refractivity contribution in [1.29, 1.82) is 0 Å². The summed E-state index contributed by atoms with van der Waals surface area (Å²) in [5.41, 5.74) is 0. The van der Waals surface area contributed by atoms with Crippen molar-refractivity contribution in [3.63, 3.8) is 0 Å². The van der Waals surface area contributed by atoms with Gasteiger partial charge in [0, 0.05) is 30.1 Å². The molecule has 1 amide bonds. The van der Waals surface area contributed by atoms with E-state index >= 15 is 0 Å². The van der Waals surface area contributed by atoms with Crippen molar-refractivity contribution in [3.8, 4) is 5.75 Å². The second kappa shape index (κ2) is 7.40. The number of ether oxygens (including phenoxy) is 2. The molecule has 2 atom stereocenters. The summed E-state index contributed by atoms with van der Waals surface area (Å²) in [6.07, 6.45) is 1.93. The number of methoxy groups -OCH3 is 1. The molecule has 1 fully saturated rings. The number of pyridine rings is 1. The summed E-state index contributed by atoms with van der Waals surface area (Å²) in [5.74, 6) is 1.32. The summed E-state index contributed by atoms with van der Waals surface area (Å²) >= 11 is 1.47. The van der Waals surface area contributed by atoms with Crippen LogP contribution in [0.4, 0.5) is 0 Å². The van der Waals surface area contributed by atoms with Gasteiger partial charge in [0.1, 0.15) is 10.8 Å². The van der Waals surface area contributed by atoms with Gasteiger partial charge in [0.15, 0.2) is 0 Å². The van der Waals surface area contributed by atoms with Gasteiger partial charge >= 0.3 is 0 Å². The SMILES string of the molecule is COc1cccc2c(SCC(=O)N3C[C@@H](C)O[C@@H](C)C3)nccc12. The van der Waals surface area contributed by atoms with E-state index in [2.05, 4.69) is 4.98 Å². The average Bonchev–Trinajstić information content (AvgIpc) is 2.58. The molecule has 6 heteroatoms. The summed E-state index contributed by atoms with van der Waals surface area (Å²) in [6.45, 7) is 5.31. The lowest BCUT2D eigenvalue weighted by Crippen LogP contribution is -2.48. The van der Waals surface area contributed by atoms with Crippen LogP contribution in [0.15, 0.2) is 35.5 Å². The van der Waals surface area contributed by atoms with Crippen molar-refractivity contribution in [2.45, 2.75) is 31.1 Å². The van der Waals surface area contributed by atoms with Crippen LogP contribution in [0.5, 0.6) is 5.75 Å². The minimum atomic E-state index is 0.0858. The van der Waals surface area contributed by atoms with Gasteiger partial charge < -0.3 is 14.4 Å². The van der Waals surface area contributed by atoms with Gasteiger partial charge in [-0.05, 0) is 26.0 Å². The maximum absolute atomic E-state index is 12.5. The van der Waals surface area contributed by atoms with Crippen LogP contribution < -0.4 is 4.74 Å². The Labute approximate surface area is 146 Å². The third kappa shape index (κ3) is 3.65. The van der Waals surface area contributed by atoms with Gasteiger partial charge in [-0.3, -0.25) is 4.79 Å². The molecule has 2 heterocycles. The summed E-state index contributed by atoms with van der Waals surface area (Å²) in [4.78, 5) is 18.8. The number of fused-ring (bicyclic) bond motifs is 1. The predicted molar refractivity (Wildman–Crippen MR) is 95.6 cm³/mol. The summed E-state index contributed by atoms with van der Waals surface area (Å²) in [7, 11) is 1.66. The minimum absolute atomic E-state index is 0.0858. The van der Waals surface area contributed by atoms with Crippen molar-refractivity contribution in [1.82, 2.24) is 9.88 Å². The number of carbonyl (C=O) groups excluding carboxylic acids is 1. The molecule has 0 aliphatic carbocycles. The standard InChI is InChI=1S/C18H22N2O3S/c1-12-9-20(10-13(2)23-12)17(21)11-24-18-15-5-4-6-16(22-3)14(15)7-8-19-18/h4-8,12-13H,9-11H2,1-3H3/t12-,13+. The number of hydrogen-bond acceptors (Lipinski definition) is 5. The van der Waals surface area contributed by atoms with Gasteiger partial charge in [-0.25, -0.2) is 4.98 Å². The van der Waals surface area contributed by atoms with Crippen LogP contribution >= 0.6 is 11.8 Å². The van der Waals surface area contributed by atoms with E-state index in [1.165, 1.54) is 11.8 Å². The predicted octanol–water partition coefficient (Wildman–Crippen LogP) is 2.97. The Morgan fingerprint density at radius 2 is 2.04 bits per heavy atom. The Balaban J connectivity index is 1.73. The quantitative estimate of drug-likeness (QED) is 0.797. The van der Waals surface area contributed by atoms with E-state index in [-0.39, 0.29) is 18.1 Å². The van der Waals surface area contributed by atoms with E-state index < -0.39 is 0 Å². The summed E-state index contributed by atoms with van der Waals surface area (Å²) in [5, 5.41) is 2.88. The number of amides is 1. The molecule has 128 valence electrons. The first kappa shape index (κ1) is 17.0. The summed E-state index contributed by atoms with van der Waals surface area (Å²) < 4.78 is 11.1. The molecule has 2 aromatic rings. The molecule has 0 saturated carbocycles. The highest BCUT2D eigenvalue weighted by molar-refractivity contribution is 8.00. The van der Waals surface area contributed by atoms with Gasteiger partial charge in [0.05, 0.1) is 25.1 Å². The Bertz CT molecular complexity index is 727. The van der Waals surface area contributed by atoms with Gasteiger partial charge in [0.25, 0.3) is 0 Å². The number of hydrogen-bond donors (Lipinski definition) is 0. The number of rotatable bonds is 4. The topological polar surface area (TPSA) is 51.7 Å². The molecular formula is C18H22N2O3S. The van der Waals surface area contributed by atoms with Crippen molar-refractivity contribution in [2.75, 3.05) is 26.0 Å². The molecule has 5 nitrogen and oxygen atoms in total. The van der Waals surface area contributed by atoms with E-state index in [9.17, 15) is 4.79 Å². The first-order chi connectivity index (χ1) is 11.6. The first-order valence-corrected chi connectivity index (χ1v) is 9.04. The normalized spacial score (nSPS) is 21.0. The average molecular weight is 346 g/mol. The summed E-state index contributed by atoms with van der Waals surface area (Å²) in [6, 6.07) is 7.82. The first-order valence-electron chi connectivity index (χ1n) is 8.06. The zero-order chi connectivity index (χ0) is 17.1. The third-order valence-corrected chi connectivity index (χ3v) is 5.04. The van der Waals surface area contributed by atoms with E-state index in [0.29, 0.717) is 18.8 Å². The third-order valence-electron chi connectivity index (χ3n) is 4.05. The lowest BCUT2D eigenvalue weighted by atomic mass is 10.1. The lowest BCUT2D eigenvalue weighted by molar-refractivity contribution is -0.140. The van der Waals surface area contributed by atoms with Gasteiger partial charge in [0.2, 0.25) is 5.91 Å². The molecule has 24 heavy (non-hydrogen) atoms. The number of thioether (sulfide) groups is 1. The van der Waals surface area contributed by atoms with E-state index in [0.717, 1.165) is 21.5 Å². The molecule has 0 spiro atoms. The monoisotopic (exact) mass is 346 g/mol. The van der Waals surface area contributed by atoms with E-state index in [4.69, 9.17) is 9.47 Å². The maximum atomic E-state index is 12.5. The molecule has 1 aliphatic rings. The Hall–Kier alpha value is -1.79. The molecule has 3 rings (SSSR count). The zero-order valence-corrected chi connectivity index (χ0v) is 15.0. The lowest BCUT2D eigenvalue weighted by Gasteiger charge is -2.35. The smallest absolute Gasteiger partial charge is 0.233 e. The number of aromatic nitrogens is 1. The molecule has 0 N–H and O–H groups in total. The largest absolute Gasteiger partial charge is 0.496 e. The van der Waals surface area contributed by atoms with Crippen LogP contribution in [0, 0.1) is 0 Å². The van der Waals surface area contributed by atoms with Crippen molar-refractivity contribution >= 4 is 28.4 Å². The Morgan fingerprint density at radius 3 is 2.75 bits per heavy atom. The number of morpholine rings is 1. The molecule has 1 aromatic carbocycles. The van der Waals surface area contributed by atoms with Gasteiger partial charge in [-0.2, -0.15) is 0 Å². The molecular weight excluding hydrogens is 324 g/mol.